The van der Waals surface area contributed by atoms with Crippen LogP contribution >= 0.6 is 0 Å². The number of rotatable bonds is 8. The molecular weight excluding hydrogens is 340 g/mol. The van der Waals surface area contributed by atoms with Gasteiger partial charge in [-0.3, -0.25) is 4.79 Å². The molecule has 0 aliphatic carbocycles. The summed E-state index contributed by atoms with van der Waals surface area (Å²) in [6, 6.07) is 14.0. The lowest BCUT2D eigenvalue weighted by molar-refractivity contribution is -0.120. The highest BCUT2D eigenvalue weighted by atomic mass is 16.5. The Bertz CT molecular complexity index is 917. The van der Waals surface area contributed by atoms with E-state index in [9.17, 15) is 4.79 Å². The number of carbonyl (C=O) groups is 1. The molecule has 5 heteroatoms. The normalized spacial score (nSPS) is 10.8. The van der Waals surface area contributed by atoms with E-state index in [-0.39, 0.29) is 5.91 Å². The van der Waals surface area contributed by atoms with Gasteiger partial charge in [0.05, 0.1) is 19.8 Å². The lowest BCUT2D eigenvalue weighted by atomic mass is 10.1. The number of furan rings is 1. The van der Waals surface area contributed by atoms with Gasteiger partial charge < -0.3 is 19.4 Å². The molecule has 0 aliphatic rings. The van der Waals surface area contributed by atoms with Crippen molar-refractivity contribution in [3.05, 3.63) is 59.9 Å². The van der Waals surface area contributed by atoms with Crippen LogP contribution in [0.15, 0.2) is 53.1 Å². The average Bonchev–Trinajstić information content (AvgIpc) is 3.07. The third-order valence-corrected chi connectivity index (χ3v) is 4.67. The van der Waals surface area contributed by atoms with Crippen LogP contribution in [0.3, 0.4) is 0 Å². The lowest BCUT2D eigenvalue weighted by Gasteiger charge is -2.23. The number of anilines is 1. The van der Waals surface area contributed by atoms with E-state index in [1.165, 1.54) is 11.3 Å². The number of nitrogens with zero attached hydrogens (tertiary/aromatic N) is 1. The Labute approximate surface area is 159 Å². The predicted octanol–water partition coefficient (Wildman–Crippen LogP) is 3.94. The Hall–Kier alpha value is -2.95. The molecule has 0 fully saturated rings. The van der Waals surface area contributed by atoms with Crippen molar-refractivity contribution in [2.45, 2.75) is 20.3 Å². The van der Waals surface area contributed by atoms with E-state index in [2.05, 4.69) is 48.3 Å². The van der Waals surface area contributed by atoms with Gasteiger partial charge in [0.1, 0.15) is 11.3 Å². The Balaban J connectivity index is 1.55. The van der Waals surface area contributed by atoms with Crippen molar-refractivity contribution >= 4 is 22.6 Å². The fourth-order valence-corrected chi connectivity index (χ4v) is 3.19. The van der Waals surface area contributed by atoms with Crippen molar-refractivity contribution in [2.24, 2.45) is 0 Å². The highest BCUT2D eigenvalue weighted by Gasteiger charge is 2.12. The fraction of sp³-hybridized carbons (Fsp3) is 0.318. The van der Waals surface area contributed by atoms with Crippen LogP contribution in [0.1, 0.15) is 18.1 Å². The summed E-state index contributed by atoms with van der Waals surface area (Å²) in [6.45, 7) is 6.48. The molecule has 27 heavy (non-hydrogen) atoms. The lowest BCUT2D eigenvalue weighted by Crippen LogP contribution is -2.35. The van der Waals surface area contributed by atoms with E-state index in [0.29, 0.717) is 13.0 Å². The highest BCUT2D eigenvalue weighted by molar-refractivity contribution is 5.88. The quantitative estimate of drug-likeness (QED) is 0.656. The maximum Gasteiger partial charge on any atom is 0.224 e. The molecule has 1 heterocycles. The Morgan fingerprint density at radius 2 is 2.07 bits per heavy atom. The van der Waals surface area contributed by atoms with Gasteiger partial charge in [0.15, 0.2) is 0 Å². The van der Waals surface area contributed by atoms with Gasteiger partial charge in [-0.25, -0.2) is 0 Å². The van der Waals surface area contributed by atoms with E-state index in [0.717, 1.165) is 35.4 Å². The molecule has 0 saturated heterocycles. The fourth-order valence-electron chi connectivity index (χ4n) is 3.19. The molecule has 142 valence electrons. The molecule has 0 bridgehead atoms. The number of benzene rings is 2. The number of hydrogen-bond donors (Lipinski definition) is 1. The summed E-state index contributed by atoms with van der Waals surface area (Å²) in [4.78, 5) is 14.6. The van der Waals surface area contributed by atoms with Gasteiger partial charge in [0.2, 0.25) is 5.91 Å². The molecule has 0 unspecified atom stereocenters. The molecule has 0 radical (unpaired) electrons. The standard InChI is InChI=1S/C22H26N2O3/c1-4-24(18-7-5-6-16(2)12-18)11-10-23-22(25)13-17-15-27-21-14-19(26-3)8-9-20(17)21/h5-9,12,14-15H,4,10-11,13H2,1-3H3,(H,23,25). The first-order chi connectivity index (χ1) is 13.1. The molecule has 3 aromatic rings. The number of fused-ring (bicyclic) bond motifs is 1. The number of hydrogen-bond acceptors (Lipinski definition) is 4. The molecule has 0 spiro atoms. The van der Waals surface area contributed by atoms with Crippen LogP contribution in [0.25, 0.3) is 11.0 Å². The molecule has 0 saturated carbocycles. The zero-order valence-corrected chi connectivity index (χ0v) is 16.1. The minimum absolute atomic E-state index is 0.00573. The number of amides is 1. The van der Waals surface area contributed by atoms with Gasteiger partial charge in [0.25, 0.3) is 0 Å². The van der Waals surface area contributed by atoms with Crippen molar-refractivity contribution < 1.29 is 13.9 Å². The summed E-state index contributed by atoms with van der Waals surface area (Å²) in [6.07, 6.45) is 1.95. The first-order valence-corrected chi connectivity index (χ1v) is 9.23. The van der Waals surface area contributed by atoms with Crippen LogP contribution in [0, 0.1) is 6.92 Å². The maximum absolute atomic E-state index is 12.3. The topological polar surface area (TPSA) is 54.7 Å². The summed E-state index contributed by atoms with van der Waals surface area (Å²) in [7, 11) is 1.62. The zero-order valence-electron chi connectivity index (χ0n) is 16.1. The van der Waals surface area contributed by atoms with Gasteiger partial charge in [-0.1, -0.05) is 12.1 Å². The number of ether oxygens (including phenoxy) is 1. The maximum atomic E-state index is 12.3. The summed E-state index contributed by atoms with van der Waals surface area (Å²) in [5.41, 5.74) is 4.03. The van der Waals surface area contributed by atoms with E-state index in [1.54, 1.807) is 13.4 Å². The molecule has 1 aromatic heterocycles. The Kier molecular flexibility index (Phi) is 6.01. The Morgan fingerprint density at radius 3 is 2.81 bits per heavy atom. The van der Waals surface area contributed by atoms with Crippen molar-refractivity contribution in [2.75, 3.05) is 31.6 Å². The molecule has 3 rings (SSSR count). The first-order valence-electron chi connectivity index (χ1n) is 9.23. The first kappa shape index (κ1) is 18.8. The molecule has 0 aliphatic heterocycles. The van der Waals surface area contributed by atoms with E-state index in [4.69, 9.17) is 9.15 Å². The molecule has 2 aromatic carbocycles. The van der Waals surface area contributed by atoms with Crippen LogP contribution in [-0.4, -0.2) is 32.7 Å². The van der Waals surface area contributed by atoms with Gasteiger partial charge >= 0.3 is 0 Å². The summed E-state index contributed by atoms with van der Waals surface area (Å²) < 4.78 is 10.8. The smallest absolute Gasteiger partial charge is 0.224 e. The average molecular weight is 366 g/mol. The number of nitrogens with one attached hydrogen (secondary N) is 1. The minimum atomic E-state index is -0.00573. The Morgan fingerprint density at radius 1 is 1.22 bits per heavy atom. The highest BCUT2D eigenvalue weighted by Crippen LogP contribution is 2.25. The molecule has 5 nitrogen and oxygen atoms in total. The third kappa shape index (κ3) is 4.61. The molecule has 0 atom stereocenters. The third-order valence-electron chi connectivity index (χ3n) is 4.67. The summed E-state index contributed by atoms with van der Waals surface area (Å²) in [5.74, 6) is 0.734. The van der Waals surface area contributed by atoms with Crippen molar-refractivity contribution in [3.63, 3.8) is 0 Å². The van der Waals surface area contributed by atoms with Crippen LogP contribution in [0.4, 0.5) is 5.69 Å². The molecular formula is C22H26N2O3. The summed E-state index contributed by atoms with van der Waals surface area (Å²) in [5, 5.41) is 3.96. The van der Waals surface area contributed by atoms with Crippen LogP contribution in [-0.2, 0) is 11.2 Å². The SMILES string of the molecule is CCN(CCNC(=O)Cc1coc2cc(OC)ccc12)c1cccc(C)c1. The summed E-state index contributed by atoms with van der Waals surface area (Å²) >= 11 is 0. The molecule has 1 amide bonds. The zero-order chi connectivity index (χ0) is 19.2. The van der Waals surface area contributed by atoms with Gasteiger partial charge in [-0.2, -0.15) is 0 Å². The second-order valence-corrected chi connectivity index (χ2v) is 6.57. The van der Waals surface area contributed by atoms with Crippen LogP contribution in [0.2, 0.25) is 0 Å². The van der Waals surface area contributed by atoms with Gasteiger partial charge in [0, 0.05) is 42.3 Å². The number of carbonyl (C=O) groups excluding carboxylic acids is 1. The monoisotopic (exact) mass is 366 g/mol. The van der Waals surface area contributed by atoms with Crippen molar-refractivity contribution in [1.29, 1.82) is 0 Å². The van der Waals surface area contributed by atoms with Crippen LogP contribution in [0.5, 0.6) is 5.75 Å². The molecule has 1 N–H and O–H groups in total. The van der Waals surface area contributed by atoms with Crippen molar-refractivity contribution in [1.82, 2.24) is 5.32 Å². The van der Waals surface area contributed by atoms with E-state index < -0.39 is 0 Å². The van der Waals surface area contributed by atoms with Crippen LogP contribution < -0.4 is 15.0 Å². The predicted molar refractivity (Wildman–Crippen MR) is 109 cm³/mol. The second kappa shape index (κ2) is 8.62. The van der Waals surface area contributed by atoms with Gasteiger partial charge in [-0.15, -0.1) is 0 Å². The van der Waals surface area contributed by atoms with Crippen molar-refractivity contribution in [3.8, 4) is 5.75 Å². The van der Waals surface area contributed by atoms with Gasteiger partial charge in [-0.05, 0) is 43.7 Å². The largest absolute Gasteiger partial charge is 0.497 e. The second-order valence-electron chi connectivity index (χ2n) is 6.57. The minimum Gasteiger partial charge on any atom is -0.497 e. The van der Waals surface area contributed by atoms with E-state index in [1.807, 2.05) is 18.2 Å². The number of methoxy groups -OCH3 is 1. The number of likely N-dealkylation sites (N-methyl/N-ethyl adjacent to an activating group) is 1. The van der Waals surface area contributed by atoms with E-state index >= 15 is 0 Å². The number of aryl methyl sites for hydroxylation is 1.